The van der Waals surface area contributed by atoms with E-state index in [9.17, 15) is 9.59 Å². The number of thioether (sulfide) groups is 1. The van der Waals surface area contributed by atoms with Gasteiger partial charge in [0.05, 0.1) is 24.5 Å². The minimum absolute atomic E-state index is 0.106. The predicted molar refractivity (Wildman–Crippen MR) is 96.9 cm³/mol. The van der Waals surface area contributed by atoms with Gasteiger partial charge in [0.1, 0.15) is 5.82 Å². The van der Waals surface area contributed by atoms with Gasteiger partial charge >= 0.3 is 5.97 Å². The number of aromatic nitrogens is 4. The quantitative estimate of drug-likeness (QED) is 0.523. The third-order valence-electron chi connectivity index (χ3n) is 3.19. The van der Waals surface area contributed by atoms with E-state index >= 15 is 0 Å². The molecule has 0 aliphatic carbocycles. The Kier molecular flexibility index (Phi) is 7.38. The minimum atomic E-state index is -0.327. The van der Waals surface area contributed by atoms with Crippen LogP contribution in [0.3, 0.4) is 0 Å². The van der Waals surface area contributed by atoms with Crippen molar-refractivity contribution in [1.29, 1.82) is 0 Å². The number of esters is 1. The number of anilines is 1. The molecular weight excluding hydrogens is 362 g/mol. The van der Waals surface area contributed by atoms with E-state index in [0.717, 1.165) is 23.9 Å². The lowest BCUT2D eigenvalue weighted by atomic mass is 10.3. The molecule has 2 aromatic heterocycles. The first-order valence-corrected chi connectivity index (χ1v) is 9.88. The molecule has 0 atom stereocenters. The van der Waals surface area contributed by atoms with Crippen molar-refractivity contribution in [1.82, 2.24) is 19.7 Å². The van der Waals surface area contributed by atoms with Crippen molar-refractivity contribution in [3.8, 4) is 0 Å². The zero-order valence-corrected chi connectivity index (χ0v) is 16.1. The molecule has 0 bridgehead atoms. The molecular formula is C15H21N5O3S2. The van der Waals surface area contributed by atoms with E-state index in [1.54, 1.807) is 12.3 Å². The van der Waals surface area contributed by atoms with Gasteiger partial charge in [-0.25, -0.2) is 4.98 Å². The zero-order chi connectivity index (χ0) is 18.2. The molecule has 0 radical (unpaired) electrons. The maximum absolute atomic E-state index is 12.1. The summed E-state index contributed by atoms with van der Waals surface area (Å²) in [5.41, 5.74) is 0.588. The van der Waals surface area contributed by atoms with Crippen LogP contribution in [0.4, 0.5) is 5.13 Å². The first-order chi connectivity index (χ1) is 12.1. The van der Waals surface area contributed by atoms with Crippen molar-refractivity contribution >= 4 is 40.1 Å². The van der Waals surface area contributed by atoms with E-state index in [1.807, 2.05) is 18.4 Å². The predicted octanol–water partition coefficient (Wildman–Crippen LogP) is 2.15. The van der Waals surface area contributed by atoms with E-state index in [4.69, 9.17) is 4.74 Å². The van der Waals surface area contributed by atoms with Gasteiger partial charge in [-0.1, -0.05) is 18.7 Å². The van der Waals surface area contributed by atoms with Crippen LogP contribution in [-0.2, 0) is 33.7 Å². The Labute approximate surface area is 154 Å². The molecule has 0 saturated heterocycles. The number of rotatable bonds is 9. The van der Waals surface area contributed by atoms with Crippen LogP contribution < -0.4 is 5.32 Å². The molecule has 2 aromatic rings. The second kappa shape index (κ2) is 9.52. The summed E-state index contributed by atoms with van der Waals surface area (Å²) in [6.45, 7) is 6.90. The molecule has 0 fully saturated rings. The highest BCUT2D eigenvalue weighted by atomic mass is 32.2. The van der Waals surface area contributed by atoms with Crippen LogP contribution in [0.1, 0.15) is 32.3 Å². The summed E-state index contributed by atoms with van der Waals surface area (Å²) in [5, 5.41) is 13.9. The molecule has 1 amide bonds. The number of ether oxygens (including phenoxy) is 1. The average Bonchev–Trinajstić information content (AvgIpc) is 3.19. The Bertz CT molecular complexity index is 729. The number of hydrogen-bond acceptors (Lipinski definition) is 8. The second-order valence-corrected chi connectivity index (χ2v) is 6.76. The summed E-state index contributed by atoms with van der Waals surface area (Å²) in [4.78, 5) is 27.7. The van der Waals surface area contributed by atoms with Crippen LogP contribution >= 0.6 is 23.1 Å². The van der Waals surface area contributed by atoms with Gasteiger partial charge < -0.3 is 14.6 Å². The van der Waals surface area contributed by atoms with Crippen molar-refractivity contribution in [3.05, 3.63) is 16.9 Å². The van der Waals surface area contributed by atoms with Crippen LogP contribution in [0.2, 0.25) is 0 Å². The van der Waals surface area contributed by atoms with Crippen LogP contribution in [0, 0.1) is 0 Å². The maximum Gasteiger partial charge on any atom is 0.311 e. The maximum atomic E-state index is 12.1. The molecule has 0 aromatic carbocycles. The van der Waals surface area contributed by atoms with Crippen molar-refractivity contribution in [2.75, 3.05) is 17.7 Å². The summed E-state index contributed by atoms with van der Waals surface area (Å²) < 4.78 is 6.88. The molecule has 2 heterocycles. The number of carbonyl (C=O) groups excluding carboxylic acids is 2. The molecule has 136 valence electrons. The third kappa shape index (κ3) is 5.53. The van der Waals surface area contributed by atoms with Gasteiger partial charge in [-0.15, -0.1) is 21.5 Å². The number of amides is 1. The lowest BCUT2D eigenvalue weighted by molar-refractivity contribution is -0.142. The van der Waals surface area contributed by atoms with E-state index in [2.05, 4.69) is 20.5 Å². The van der Waals surface area contributed by atoms with Crippen molar-refractivity contribution in [2.45, 2.75) is 45.3 Å². The SMILES string of the molecule is CCOC(=O)Cc1csc(NC(=O)CSc2nnc(CC)n2CC)n1. The lowest BCUT2D eigenvalue weighted by Crippen LogP contribution is -2.15. The highest BCUT2D eigenvalue weighted by Crippen LogP contribution is 2.19. The average molecular weight is 383 g/mol. The fourth-order valence-corrected chi connectivity index (χ4v) is 3.64. The van der Waals surface area contributed by atoms with E-state index in [-0.39, 0.29) is 24.1 Å². The molecule has 0 spiro atoms. The number of thiazole rings is 1. The number of aryl methyl sites for hydroxylation is 1. The van der Waals surface area contributed by atoms with Gasteiger partial charge in [0.15, 0.2) is 10.3 Å². The molecule has 25 heavy (non-hydrogen) atoms. The van der Waals surface area contributed by atoms with E-state index in [1.165, 1.54) is 23.1 Å². The summed E-state index contributed by atoms with van der Waals surface area (Å²) in [6, 6.07) is 0. The van der Waals surface area contributed by atoms with Crippen LogP contribution in [0.25, 0.3) is 0 Å². The first-order valence-electron chi connectivity index (χ1n) is 8.02. The van der Waals surface area contributed by atoms with Gasteiger partial charge in [0.2, 0.25) is 5.91 Å². The topological polar surface area (TPSA) is 99.0 Å². The molecule has 1 N–H and O–H groups in total. The van der Waals surface area contributed by atoms with Gasteiger partial charge in [-0.2, -0.15) is 0 Å². The van der Waals surface area contributed by atoms with E-state index in [0.29, 0.717) is 17.4 Å². The molecule has 0 saturated carbocycles. The van der Waals surface area contributed by atoms with Gasteiger partial charge in [-0.05, 0) is 13.8 Å². The Morgan fingerprint density at radius 1 is 1.32 bits per heavy atom. The lowest BCUT2D eigenvalue weighted by Gasteiger charge is -2.05. The molecule has 0 aliphatic rings. The van der Waals surface area contributed by atoms with Crippen LogP contribution in [-0.4, -0.2) is 44.0 Å². The highest BCUT2D eigenvalue weighted by molar-refractivity contribution is 7.99. The third-order valence-corrected chi connectivity index (χ3v) is 4.96. The van der Waals surface area contributed by atoms with Crippen LogP contribution in [0.15, 0.2) is 10.5 Å². The number of nitrogens with zero attached hydrogens (tertiary/aromatic N) is 4. The fraction of sp³-hybridized carbons (Fsp3) is 0.533. The monoisotopic (exact) mass is 383 g/mol. The largest absolute Gasteiger partial charge is 0.466 e. The molecule has 0 unspecified atom stereocenters. The summed E-state index contributed by atoms with van der Waals surface area (Å²) in [5.74, 6) is 0.626. The summed E-state index contributed by atoms with van der Waals surface area (Å²) in [6.07, 6.45) is 0.907. The number of nitrogens with one attached hydrogen (secondary N) is 1. The molecule has 10 heteroatoms. The minimum Gasteiger partial charge on any atom is -0.466 e. The van der Waals surface area contributed by atoms with Crippen molar-refractivity contribution in [2.24, 2.45) is 0 Å². The zero-order valence-electron chi connectivity index (χ0n) is 14.4. The Hall–Kier alpha value is -1.94. The van der Waals surface area contributed by atoms with Gasteiger partial charge in [0.25, 0.3) is 0 Å². The standard InChI is InChI=1S/C15H21N5O3S2/c1-4-11-18-19-15(20(11)5-2)25-9-12(21)17-14-16-10(8-24-14)7-13(22)23-6-3/h8H,4-7,9H2,1-3H3,(H,16,17,21). The Morgan fingerprint density at radius 2 is 2.12 bits per heavy atom. The van der Waals surface area contributed by atoms with Gasteiger partial charge in [0, 0.05) is 18.3 Å². The summed E-state index contributed by atoms with van der Waals surface area (Å²) >= 11 is 2.62. The van der Waals surface area contributed by atoms with Crippen molar-refractivity contribution in [3.63, 3.8) is 0 Å². The molecule has 8 nitrogen and oxygen atoms in total. The van der Waals surface area contributed by atoms with Crippen LogP contribution in [0.5, 0.6) is 0 Å². The second-order valence-electron chi connectivity index (χ2n) is 4.96. The Morgan fingerprint density at radius 3 is 2.80 bits per heavy atom. The molecule has 2 rings (SSSR count). The molecule has 0 aliphatic heterocycles. The number of hydrogen-bond donors (Lipinski definition) is 1. The first kappa shape index (κ1) is 19.4. The smallest absolute Gasteiger partial charge is 0.311 e. The fourth-order valence-electron chi connectivity index (χ4n) is 2.10. The van der Waals surface area contributed by atoms with E-state index < -0.39 is 0 Å². The normalized spacial score (nSPS) is 10.7. The Balaban J connectivity index is 1.85. The highest BCUT2D eigenvalue weighted by Gasteiger charge is 2.14. The summed E-state index contributed by atoms with van der Waals surface area (Å²) in [7, 11) is 0. The van der Waals surface area contributed by atoms with Crippen molar-refractivity contribution < 1.29 is 14.3 Å². The van der Waals surface area contributed by atoms with Gasteiger partial charge in [-0.3, -0.25) is 9.59 Å². The number of carbonyl (C=O) groups is 2.